The van der Waals surface area contributed by atoms with Crippen LogP contribution in [0.1, 0.15) is 11.3 Å². The topological polar surface area (TPSA) is 52.0 Å². The predicted octanol–water partition coefficient (Wildman–Crippen LogP) is 3.07. The number of aromatic nitrogens is 1. The summed E-state index contributed by atoms with van der Waals surface area (Å²) in [6.07, 6.45) is 0. The second kappa shape index (κ2) is 5.40. The number of hydrogen-bond donors (Lipinski definition) is 1. The fourth-order valence-corrected chi connectivity index (χ4v) is 1.72. The minimum Gasteiger partial charge on any atom is -0.378 e. The molecule has 0 amide bonds. The molecule has 1 aromatic carbocycles. The zero-order valence-electron chi connectivity index (χ0n) is 11.3. The molecule has 0 aliphatic heterocycles. The van der Waals surface area contributed by atoms with Crippen molar-refractivity contribution in [2.45, 2.75) is 6.92 Å². The van der Waals surface area contributed by atoms with Gasteiger partial charge in [-0.15, -0.1) is 0 Å². The summed E-state index contributed by atoms with van der Waals surface area (Å²) in [5.41, 5.74) is 3.47. The number of nitrogens with zero attached hydrogens (tertiary/aromatic N) is 3. The smallest absolute Gasteiger partial charge is 0.148 e. The summed E-state index contributed by atoms with van der Waals surface area (Å²) >= 11 is 0. The van der Waals surface area contributed by atoms with Crippen LogP contribution in [0.4, 0.5) is 17.2 Å². The van der Waals surface area contributed by atoms with Crippen molar-refractivity contribution >= 4 is 17.2 Å². The Hall–Kier alpha value is -2.54. The van der Waals surface area contributed by atoms with E-state index < -0.39 is 0 Å². The van der Waals surface area contributed by atoms with Gasteiger partial charge in [0.15, 0.2) is 0 Å². The Morgan fingerprint density at radius 1 is 1.11 bits per heavy atom. The number of hydrogen-bond acceptors (Lipinski definition) is 4. The molecule has 0 radical (unpaired) electrons. The third-order valence-electron chi connectivity index (χ3n) is 2.80. The Morgan fingerprint density at radius 2 is 1.79 bits per heavy atom. The summed E-state index contributed by atoms with van der Waals surface area (Å²) in [4.78, 5) is 6.39. The number of anilines is 3. The first-order valence-electron chi connectivity index (χ1n) is 6.02. The highest BCUT2D eigenvalue weighted by Gasteiger charge is 2.04. The van der Waals surface area contributed by atoms with Crippen molar-refractivity contribution in [3.05, 3.63) is 47.7 Å². The van der Waals surface area contributed by atoms with E-state index in [0.717, 1.165) is 17.1 Å². The van der Waals surface area contributed by atoms with Crippen LogP contribution in [-0.2, 0) is 0 Å². The van der Waals surface area contributed by atoms with Crippen LogP contribution in [0.25, 0.3) is 0 Å². The molecule has 0 aliphatic rings. The van der Waals surface area contributed by atoms with Crippen molar-refractivity contribution in [2.24, 2.45) is 0 Å². The molecule has 4 nitrogen and oxygen atoms in total. The van der Waals surface area contributed by atoms with Crippen molar-refractivity contribution in [2.75, 3.05) is 24.3 Å². The van der Waals surface area contributed by atoms with E-state index in [2.05, 4.69) is 16.4 Å². The molecular formula is C15H16N4. The van der Waals surface area contributed by atoms with Gasteiger partial charge >= 0.3 is 0 Å². The molecule has 0 atom stereocenters. The monoisotopic (exact) mass is 252 g/mol. The molecule has 0 bridgehead atoms. The van der Waals surface area contributed by atoms with Crippen LogP contribution in [0.2, 0.25) is 0 Å². The molecule has 19 heavy (non-hydrogen) atoms. The Balaban J connectivity index is 2.26. The highest BCUT2D eigenvalue weighted by molar-refractivity contribution is 5.64. The summed E-state index contributed by atoms with van der Waals surface area (Å²) < 4.78 is 0. The maximum absolute atomic E-state index is 9.07. The van der Waals surface area contributed by atoms with Crippen molar-refractivity contribution in [1.29, 1.82) is 5.26 Å². The first-order valence-corrected chi connectivity index (χ1v) is 6.02. The third kappa shape index (κ3) is 3.02. The fraction of sp³-hybridized carbons (Fsp3) is 0.200. The van der Waals surface area contributed by atoms with Crippen LogP contribution >= 0.6 is 0 Å². The van der Waals surface area contributed by atoms with Gasteiger partial charge in [0.1, 0.15) is 11.9 Å². The highest BCUT2D eigenvalue weighted by Crippen LogP contribution is 2.21. The fourth-order valence-electron chi connectivity index (χ4n) is 1.72. The number of nitriles is 1. The number of aryl methyl sites for hydroxylation is 1. The quantitative estimate of drug-likeness (QED) is 0.912. The van der Waals surface area contributed by atoms with E-state index in [9.17, 15) is 0 Å². The minimum absolute atomic E-state index is 0.544. The van der Waals surface area contributed by atoms with Crippen molar-refractivity contribution in [3.63, 3.8) is 0 Å². The summed E-state index contributed by atoms with van der Waals surface area (Å²) in [6.45, 7) is 1.90. The lowest BCUT2D eigenvalue weighted by atomic mass is 10.2. The molecule has 1 N–H and O–H groups in total. The van der Waals surface area contributed by atoms with E-state index in [-0.39, 0.29) is 0 Å². The van der Waals surface area contributed by atoms with E-state index in [4.69, 9.17) is 5.26 Å². The average Bonchev–Trinajstić information content (AvgIpc) is 2.39. The van der Waals surface area contributed by atoms with Gasteiger partial charge in [0.05, 0.1) is 5.56 Å². The van der Waals surface area contributed by atoms with Gasteiger partial charge in [-0.2, -0.15) is 5.26 Å². The van der Waals surface area contributed by atoms with Gasteiger partial charge in [-0.1, -0.05) is 0 Å². The second-order valence-corrected chi connectivity index (χ2v) is 4.53. The maximum Gasteiger partial charge on any atom is 0.148 e. The largest absolute Gasteiger partial charge is 0.378 e. The lowest BCUT2D eigenvalue weighted by molar-refractivity contribution is 1.13. The molecule has 2 aromatic rings. The van der Waals surface area contributed by atoms with Gasteiger partial charge in [0, 0.05) is 31.2 Å². The van der Waals surface area contributed by atoms with Crippen LogP contribution in [0.3, 0.4) is 0 Å². The molecule has 1 heterocycles. The molecule has 2 rings (SSSR count). The predicted molar refractivity (Wildman–Crippen MR) is 77.7 cm³/mol. The summed E-state index contributed by atoms with van der Waals surface area (Å²) in [7, 11) is 4.00. The van der Waals surface area contributed by atoms with E-state index in [0.29, 0.717) is 11.4 Å². The normalized spacial score (nSPS) is 9.79. The Bertz CT molecular complexity index is 609. The van der Waals surface area contributed by atoms with E-state index >= 15 is 0 Å². The molecule has 0 aliphatic carbocycles. The maximum atomic E-state index is 9.07. The number of pyridine rings is 1. The standard InChI is InChI=1S/C15H16N4/c1-11-4-5-12(10-16)15(17-11)18-13-6-8-14(9-7-13)19(2)3/h4-9H,1-3H3,(H,17,18). The van der Waals surface area contributed by atoms with E-state index in [1.165, 1.54) is 0 Å². The molecule has 0 saturated heterocycles. The molecule has 0 saturated carbocycles. The van der Waals surface area contributed by atoms with Crippen LogP contribution in [-0.4, -0.2) is 19.1 Å². The Morgan fingerprint density at radius 3 is 2.37 bits per heavy atom. The van der Waals surface area contributed by atoms with Crippen LogP contribution in [0.5, 0.6) is 0 Å². The molecule has 0 unspecified atom stereocenters. The lowest BCUT2D eigenvalue weighted by Crippen LogP contribution is -2.08. The summed E-state index contributed by atoms with van der Waals surface area (Å²) in [5.74, 6) is 0.597. The van der Waals surface area contributed by atoms with Gasteiger partial charge in [-0.3, -0.25) is 0 Å². The van der Waals surface area contributed by atoms with Gasteiger partial charge < -0.3 is 10.2 Å². The van der Waals surface area contributed by atoms with Gasteiger partial charge in [0.2, 0.25) is 0 Å². The first kappa shape index (κ1) is 12.9. The van der Waals surface area contributed by atoms with Gasteiger partial charge in [-0.05, 0) is 43.3 Å². The first-order chi connectivity index (χ1) is 9.10. The van der Waals surface area contributed by atoms with Crippen molar-refractivity contribution in [3.8, 4) is 6.07 Å². The SMILES string of the molecule is Cc1ccc(C#N)c(Nc2ccc(N(C)C)cc2)n1. The van der Waals surface area contributed by atoms with Crippen LogP contribution in [0.15, 0.2) is 36.4 Å². The second-order valence-electron chi connectivity index (χ2n) is 4.53. The lowest BCUT2D eigenvalue weighted by Gasteiger charge is -2.13. The van der Waals surface area contributed by atoms with Crippen LogP contribution in [0, 0.1) is 18.3 Å². The van der Waals surface area contributed by atoms with E-state index in [1.54, 1.807) is 6.07 Å². The minimum atomic E-state index is 0.544. The van der Waals surface area contributed by atoms with E-state index in [1.807, 2.05) is 56.3 Å². The zero-order chi connectivity index (χ0) is 13.8. The highest BCUT2D eigenvalue weighted by atomic mass is 15.1. The Kier molecular flexibility index (Phi) is 3.67. The third-order valence-corrected chi connectivity index (χ3v) is 2.80. The zero-order valence-corrected chi connectivity index (χ0v) is 11.3. The van der Waals surface area contributed by atoms with Crippen molar-refractivity contribution in [1.82, 2.24) is 4.98 Å². The molecular weight excluding hydrogens is 236 g/mol. The molecule has 0 spiro atoms. The molecule has 96 valence electrons. The van der Waals surface area contributed by atoms with Crippen LogP contribution < -0.4 is 10.2 Å². The summed E-state index contributed by atoms with van der Waals surface area (Å²) in [6, 6.07) is 13.7. The van der Waals surface area contributed by atoms with Crippen molar-refractivity contribution < 1.29 is 0 Å². The average molecular weight is 252 g/mol. The van der Waals surface area contributed by atoms with Gasteiger partial charge in [0.25, 0.3) is 0 Å². The Labute approximate surface area is 113 Å². The number of rotatable bonds is 3. The molecule has 4 heteroatoms. The summed E-state index contributed by atoms with van der Waals surface area (Å²) in [5, 5.41) is 12.2. The number of benzene rings is 1. The molecule has 0 fully saturated rings. The van der Waals surface area contributed by atoms with Gasteiger partial charge in [-0.25, -0.2) is 4.98 Å². The molecule has 1 aromatic heterocycles. The number of nitrogens with one attached hydrogen (secondary N) is 1.